The number of hydrogen-bond acceptors (Lipinski definition) is 2. The third-order valence-electron chi connectivity index (χ3n) is 4.16. The molecule has 2 atom stereocenters. The van der Waals surface area contributed by atoms with Gasteiger partial charge >= 0.3 is 0 Å². The number of hydroxylamine groups is 1. The van der Waals surface area contributed by atoms with Crippen LogP contribution in [0.15, 0.2) is 0 Å². The molecule has 2 heteroatoms. The molecule has 11 heavy (non-hydrogen) atoms. The lowest BCUT2D eigenvalue weighted by Gasteiger charge is -2.36. The van der Waals surface area contributed by atoms with Gasteiger partial charge in [0.1, 0.15) is 0 Å². The molecule has 4 aliphatic rings. The van der Waals surface area contributed by atoms with Crippen molar-refractivity contribution >= 4 is 0 Å². The molecule has 0 radical (unpaired) electrons. The summed E-state index contributed by atoms with van der Waals surface area (Å²) in [7, 11) is 0. The molecular formula is C9H15NO. The average molecular weight is 153 g/mol. The highest BCUT2D eigenvalue weighted by atomic mass is 16.5. The van der Waals surface area contributed by atoms with Crippen LogP contribution in [-0.2, 0) is 0 Å². The molecule has 0 aromatic rings. The Labute approximate surface area is 66.9 Å². The van der Waals surface area contributed by atoms with Crippen molar-refractivity contribution in [3.05, 3.63) is 0 Å². The van der Waals surface area contributed by atoms with E-state index >= 15 is 0 Å². The van der Waals surface area contributed by atoms with E-state index in [2.05, 4.69) is 5.48 Å². The molecule has 0 spiro atoms. The van der Waals surface area contributed by atoms with Crippen molar-refractivity contribution in [3.8, 4) is 0 Å². The Morgan fingerprint density at radius 3 is 2.18 bits per heavy atom. The van der Waals surface area contributed by atoms with E-state index in [1.54, 1.807) is 0 Å². The molecule has 0 saturated heterocycles. The highest BCUT2D eigenvalue weighted by Gasteiger charge is 2.55. The first-order chi connectivity index (χ1) is 5.31. The molecule has 4 aliphatic carbocycles. The van der Waals surface area contributed by atoms with Gasteiger partial charge in [-0.05, 0) is 49.9 Å². The minimum absolute atomic E-state index is 0.163. The van der Waals surface area contributed by atoms with E-state index in [0.29, 0.717) is 0 Å². The highest BCUT2D eigenvalue weighted by molar-refractivity contribution is 5.09. The zero-order valence-corrected chi connectivity index (χ0v) is 6.71. The first-order valence-electron chi connectivity index (χ1n) is 4.73. The quantitative estimate of drug-likeness (QED) is 0.560. The molecule has 0 aliphatic heterocycles. The summed E-state index contributed by atoms with van der Waals surface area (Å²) >= 11 is 0. The van der Waals surface area contributed by atoms with Gasteiger partial charge in [0.05, 0.1) is 0 Å². The van der Waals surface area contributed by atoms with Crippen LogP contribution in [0.1, 0.15) is 32.1 Å². The summed E-state index contributed by atoms with van der Waals surface area (Å²) in [6.07, 6.45) is 6.62. The molecular weight excluding hydrogens is 138 g/mol. The molecule has 0 aromatic heterocycles. The second-order valence-electron chi connectivity index (χ2n) is 4.86. The summed E-state index contributed by atoms with van der Waals surface area (Å²) in [6, 6.07) is 0. The van der Waals surface area contributed by atoms with Crippen molar-refractivity contribution in [2.24, 2.45) is 17.8 Å². The molecule has 0 heterocycles. The molecule has 62 valence electrons. The van der Waals surface area contributed by atoms with Crippen molar-refractivity contribution in [3.63, 3.8) is 0 Å². The minimum Gasteiger partial charge on any atom is -0.316 e. The van der Waals surface area contributed by atoms with Crippen LogP contribution in [0.5, 0.6) is 0 Å². The maximum absolute atomic E-state index is 9.06. The van der Waals surface area contributed by atoms with Crippen LogP contribution in [0.3, 0.4) is 0 Å². The van der Waals surface area contributed by atoms with Crippen molar-refractivity contribution in [1.29, 1.82) is 0 Å². The Morgan fingerprint density at radius 2 is 1.73 bits per heavy atom. The number of hydrogen-bond donors (Lipinski definition) is 2. The van der Waals surface area contributed by atoms with Crippen LogP contribution in [0.4, 0.5) is 0 Å². The predicted octanol–water partition coefficient (Wildman–Crippen LogP) is 1.54. The normalized spacial score (nSPS) is 59.2. The van der Waals surface area contributed by atoms with E-state index in [0.717, 1.165) is 17.8 Å². The van der Waals surface area contributed by atoms with Crippen molar-refractivity contribution in [1.82, 2.24) is 5.48 Å². The van der Waals surface area contributed by atoms with Gasteiger partial charge in [-0.25, -0.2) is 0 Å². The fraction of sp³-hybridized carbons (Fsp3) is 1.00. The van der Waals surface area contributed by atoms with Gasteiger partial charge in [-0.2, -0.15) is 5.48 Å². The lowest BCUT2D eigenvalue weighted by Crippen LogP contribution is -2.45. The van der Waals surface area contributed by atoms with Crippen molar-refractivity contribution < 1.29 is 5.21 Å². The Hall–Kier alpha value is -0.0800. The molecule has 4 bridgehead atoms. The molecule has 4 rings (SSSR count). The zero-order chi connectivity index (χ0) is 7.47. The SMILES string of the molecule is ONC12CC3CC(C1)C(C3)C2. The molecule has 2 nitrogen and oxygen atoms in total. The second-order valence-corrected chi connectivity index (χ2v) is 4.86. The van der Waals surface area contributed by atoms with Gasteiger partial charge in [-0.1, -0.05) is 0 Å². The summed E-state index contributed by atoms with van der Waals surface area (Å²) in [6.45, 7) is 0. The van der Waals surface area contributed by atoms with Crippen LogP contribution >= 0.6 is 0 Å². The van der Waals surface area contributed by atoms with Crippen molar-refractivity contribution in [2.45, 2.75) is 37.6 Å². The molecule has 4 saturated carbocycles. The fourth-order valence-electron chi connectivity index (χ4n) is 3.95. The highest BCUT2D eigenvalue weighted by Crippen LogP contribution is 2.59. The van der Waals surface area contributed by atoms with E-state index in [4.69, 9.17) is 5.21 Å². The summed E-state index contributed by atoms with van der Waals surface area (Å²) in [4.78, 5) is 0. The van der Waals surface area contributed by atoms with Gasteiger partial charge in [0.15, 0.2) is 0 Å². The minimum atomic E-state index is 0.163. The van der Waals surface area contributed by atoms with Crippen LogP contribution in [0.2, 0.25) is 0 Å². The summed E-state index contributed by atoms with van der Waals surface area (Å²) in [5.74, 6) is 2.84. The van der Waals surface area contributed by atoms with Gasteiger partial charge in [-0.3, -0.25) is 0 Å². The van der Waals surface area contributed by atoms with E-state index in [-0.39, 0.29) is 5.54 Å². The van der Waals surface area contributed by atoms with E-state index in [1.807, 2.05) is 0 Å². The molecule has 4 fully saturated rings. The first kappa shape index (κ1) is 6.44. The summed E-state index contributed by atoms with van der Waals surface area (Å²) in [5, 5.41) is 9.06. The monoisotopic (exact) mass is 153 g/mol. The summed E-state index contributed by atoms with van der Waals surface area (Å²) in [5.41, 5.74) is 2.73. The topological polar surface area (TPSA) is 32.3 Å². The lowest BCUT2D eigenvalue weighted by molar-refractivity contribution is 0.0247. The standard InChI is InChI=1S/C9H15NO/c11-10-9-3-6-1-7(4-9)8(2-6)5-9/h6-8,10-11H,1-5H2. The van der Waals surface area contributed by atoms with Gasteiger partial charge in [0.25, 0.3) is 0 Å². The Morgan fingerprint density at radius 1 is 1.09 bits per heavy atom. The maximum atomic E-state index is 9.06. The smallest absolute Gasteiger partial charge is 0.0438 e. The Bertz CT molecular complexity index is 172. The van der Waals surface area contributed by atoms with E-state index in [9.17, 15) is 0 Å². The second kappa shape index (κ2) is 1.80. The van der Waals surface area contributed by atoms with Gasteiger partial charge in [0.2, 0.25) is 0 Å². The lowest BCUT2D eigenvalue weighted by atomic mass is 9.76. The molecule has 2 unspecified atom stereocenters. The fourth-order valence-corrected chi connectivity index (χ4v) is 3.95. The third-order valence-corrected chi connectivity index (χ3v) is 4.16. The Balaban J connectivity index is 1.94. The van der Waals surface area contributed by atoms with Gasteiger partial charge in [-0.15, -0.1) is 0 Å². The largest absolute Gasteiger partial charge is 0.316 e. The van der Waals surface area contributed by atoms with Crippen LogP contribution in [0.25, 0.3) is 0 Å². The maximum Gasteiger partial charge on any atom is 0.0438 e. The van der Waals surface area contributed by atoms with Crippen LogP contribution in [-0.4, -0.2) is 10.7 Å². The van der Waals surface area contributed by atoms with Gasteiger partial charge in [0, 0.05) is 5.54 Å². The Kier molecular flexibility index (Phi) is 1.06. The number of rotatable bonds is 1. The third kappa shape index (κ3) is 0.695. The van der Waals surface area contributed by atoms with E-state index in [1.165, 1.54) is 32.1 Å². The zero-order valence-electron chi connectivity index (χ0n) is 6.71. The van der Waals surface area contributed by atoms with Crippen LogP contribution in [0, 0.1) is 17.8 Å². The van der Waals surface area contributed by atoms with Gasteiger partial charge < -0.3 is 5.21 Å². The molecule has 0 amide bonds. The van der Waals surface area contributed by atoms with Crippen molar-refractivity contribution in [2.75, 3.05) is 0 Å². The predicted molar refractivity (Wildman–Crippen MR) is 41.2 cm³/mol. The van der Waals surface area contributed by atoms with E-state index < -0.39 is 0 Å². The molecule has 0 aromatic carbocycles. The average Bonchev–Trinajstić information content (AvgIpc) is 2.40. The number of nitrogens with one attached hydrogen (secondary N) is 1. The summed E-state index contributed by atoms with van der Waals surface area (Å²) < 4.78 is 0. The molecule has 2 N–H and O–H groups in total. The first-order valence-corrected chi connectivity index (χ1v) is 4.73. The van der Waals surface area contributed by atoms with Crippen LogP contribution < -0.4 is 5.48 Å².